The Kier molecular flexibility index (Phi) is 8.94. The Morgan fingerprint density at radius 1 is 0.500 bits per heavy atom. The molecule has 0 aromatic heterocycles. The van der Waals surface area contributed by atoms with Crippen LogP contribution in [0.5, 0.6) is 0 Å². The van der Waals surface area contributed by atoms with Gasteiger partial charge in [-0.15, -0.1) is 0 Å². The third-order valence-corrected chi connectivity index (χ3v) is 8.75. The van der Waals surface area contributed by atoms with Crippen molar-refractivity contribution in [2.75, 3.05) is 4.90 Å². The van der Waals surface area contributed by atoms with Crippen molar-refractivity contribution in [3.63, 3.8) is 0 Å². The third kappa shape index (κ3) is 6.84. The molecule has 0 saturated heterocycles. The van der Waals surface area contributed by atoms with Crippen LogP contribution in [-0.2, 0) is 4.65 Å². The molecule has 1 radical (unpaired) electrons. The van der Waals surface area contributed by atoms with E-state index in [9.17, 15) is 5.11 Å². The molecule has 0 amide bonds. The van der Waals surface area contributed by atoms with E-state index < -0.39 is 11.2 Å². The summed E-state index contributed by atoms with van der Waals surface area (Å²) in [6.07, 6.45) is 0. The molecular weight excluding hydrogens is 561 g/mol. The molecule has 6 aromatic carbocycles. The van der Waals surface area contributed by atoms with Crippen LogP contribution in [0.15, 0.2) is 158 Å². The molecule has 0 bridgehead atoms. The number of nitrogens with zero attached hydrogens (tertiary/aromatic N) is 1. The van der Waals surface area contributed by atoms with Crippen LogP contribution in [0.4, 0.5) is 17.1 Å². The van der Waals surface area contributed by atoms with Gasteiger partial charge in [-0.1, -0.05) is 133 Å². The maximum absolute atomic E-state index is 10.7. The summed E-state index contributed by atoms with van der Waals surface area (Å²) in [5.41, 5.74) is 9.12. The van der Waals surface area contributed by atoms with E-state index in [0.717, 1.165) is 39.2 Å². The van der Waals surface area contributed by atoms with Gasteiger partial charge in [-0.25, -0.2) is 0 Å². The van der Waals surface area contributed by atoms with Crippen molar-refractivity contribution in [2.24, 2.45) is 0 Å². The van der Waals surface area contributed by atoms with Gasteiger partial charge in [-0.3, -0.25) is 0 Å². The molecule has 1 N–H and O–H groups in total. The van der Waals surface area contributed by atoms with Crippen LogP contribution < -0.4 is 10.4 Å². The quantitative estimate of drug-likeness (QED) is 0.159. The highest BCUT2D eigenvalue weighted by molar-refractivity contribution is 6.47. The smallest absolute Gasteiger partial charge is 0.330 e. The molecule has 0 spiro atoms. The van der Waals surface area contributed by atoms with Gasteiger partial charge in [0.15, 0.2) is 0 Å². The predicted molar refractivity (Wildman–Crippen MR) is 194 cm³/mol. The van der Waals surface area contributed by atoms with Gasteiger partial charge in [0.25, 0.3) is 0 Å². The second-order valence-corrected chi connectivity index (χ2v) is 12.6. The van der Waals surface area contributed by atoms with Crippen LogP contribution in [0.2, 0.25) is 0 Å². The zero-order valence-electron chi connectivity index (χ0n) is 26.9. The summed E-state index contributed by atoms with van der Waals surface area (Å²) < 4.78 is 6.17. The lowest BCUT2D eigenvalue weighted by atomic mass is 9.81. The molecule has 0 saturated carbocycles. The SMILES string of the molecule is CC(C)(O)C(C)(C)O[B]c1ccc(N(c2ccc(-c3ccccc3)cc2)c2cccc(-c3ccccc3)c2)c(-c2ccccc2)c1. The summed E-state index contributed by atoms with van der Waals surface area (Å²) in [4.78, 5) is 2.33. The number of benzene rings is 6. The van der Waals surface area contributed by atoms with E-state index in [2.05, 4.69) is 144 Å². The monoisotopic (exact) mass is 600 g/mol. The minimum Gasteiger partial charge on any atom is -0.427 e. The molecule has 0 fully saturated rings. The first-order valence-corrected chi connectivity index (χ1v) is 15.7. The molecular formula is C42H39BNO2. The first kappa shape index (κ1) is 31.1. The Morgan fingerprint density at radius 3 is 1.61 bits per heavy atom. The van der Waals surface area contributed by atoms with Gasteiger partial charge in [0.2, 0.25) is 0 Å². The first-order valence-electron chi connectivity index (χ1n) is 15.7. The van der Waals surface area contributed by atoms with Crippen molar-refractivity contribution in [1.29, 1.82) is 0 Å². The van der Waals surface area contributed by atoms with Gasteiger partial charge < -0.3 is 14.7 Å². The summed E-state index contributed by atoms with van der Waals surface area (Å²) in [6, 6.07) is 55.3. The normalized spacial score (nSPS) is 11.7. The standard InChI is InChI=1S/C42H39BNO2/c1-41(2,45)42(3,4)46-43-36-25-28-40(39(30-36)34-19-12-7-13-20-34)44(37-26-23-33(24-27-37)31-15-8-5-9-16-31)38-22-14-21-35(29-38)32-17-10-6-11-18-32/h5-30,45H,1-4H3. The minimum atomic E-state index is -1.02. The van der Waals surface area contributed by atoms with Crippen molar-refractivity contribution in [3.05, 3.63) is 158 Å². The van der Waals surface area contributed by atoms with Gasteiger partial charge >= 0.3 is 7.48 Å². The Balaban J connectivity index is 1.49. The highest BCUT2D eigenvalue weighted by Gasteiger charge is 2.35. The van der Waals surface area contributed by atoms with E-state index >= 15 is 0 Å². The van der Waals surface area contributed by atoms with Crippen LogP contribution in [0, 0.1) is 0 Å². The second kappa shape index (κ2) is 13.2. The molecule has 6 rings (SSSR count). The van der Waals surface area contributed by atoms with Gasteiger partial charge in [0, 0.05) is 16.9 Å². The summed E-state index contributed by atoms with van der Waals surface area (Å²) >= 11 is 0. The molecule has 0 heterocycles. The molecule has 4 heteroatoms. The van der Waals surface area contributed by atoms with E-state index in [0.29, 0.717) is 0 Å². The molecule has 0 aliphatic heterocycles. The van der Waals surface area contributed by atoms with Crippen LogP contribution in [0.1, 0.15) is 27.7 Å². The molecule has 0 unspecified atom stereocenters. The van der Waals surface area contributed by atoms with Gasteiger partial charge in [-0.2, -0.15) is 0 Å². The lowest BCUT2D eigenvalue weighted by molar-refractivity contribution is -0.0893. The Labute approximate surface area is 274 Å². The van der Waals surface area contributed by atoms with Crippen molar-refractivity contribution in [1.82, 2.24) is 0 Å². The summed E-state index contributed by atoms with van der Waals surface area (Å²) in [6.45, 7) is 7.33. The molecule has 0 aliphatic rings. The molecule has 227 valence electrons. The minimum absolute atomic E-state index is 0.775. The zero-order chi connectivity index (χ0) is 32.1. The second-order valence-electron chi connectivity index (χ2n) is 12.6. The maximum Gasteiger partial charge on any atom is 0.330 e. The Hall–Kier alpha value is -4.90. The Bertz CT molecular complexity index is 1880. The summed E-state index contributed by atoms with van der Waals surface area (Å²) in [5.74, 6) is 0. The predicted octanol–water partition coefficient (Wildman–Crippen LogP) is 9.97. The van der Waals surface area contributed by atoms with Gasteiger partial charge in [0.1, 0.15) is 0 Å². The molecule has 0 atom stereocenters. The molecule has 0 aliphatic carbocycles. The fourth-order valence-electron chi connectivity index (χ4n) is 5.35. The fraction of sp³-hybridized carbons (Fsp3) is 0.143. The lowest BCUT2D eigenvalue weighted by Crippen LogP contribution is -2.49. The van der Waals surface area contributed by atoms with Crippen LogP contribution in [0.25, 0.3) is 33.4 Å². The molecule has 3 nitrogen and oxygen atoms in total. The highest BCUT2D eigenvalue weighted by atomic mass is 16.5. The van der Waals surface area contributed by atoms with Gasteiger partial charge in [-0.05, 0) is 85.8 Å². The highest BCUT2D eigenvalue weighted by Crippen LogP contribution is 2.42. The number of anilines is 3. The average Bonchev–Trinajstić information content (AvgIpc) is 3.09. The van der Waals surface area contributed by atoms with Crippen molar-refractivity contribution < 1.29 is 9.76 Å². The van der Waals surface area contributed by atoms with E-state index in [4.69, 9.17) is 4.65 Å². The number of rotatable bonds is 10. The largest absolute Gasteiger partial charge is 0.427 e. The average molecular weight is 601 g/mol. The maximum atomic E-state index is 10.7. The zero-order valence-corrected chi connectivity index (χ0v) is 26.9. The van der Waals surface area contributed by atoms with Crippen molar-refractivity contribution in [2.45, 2.75) is 38.9 Å². The van der Waals surface area contributed by atoms with Crippen molar-refractivity contribution in [3.8, 4) is 33.4 Å². The van der Waals surface area contributed by atoms with E-state index in [1.165, 1.54) is 16.7 Å². The van der Waals surface area contributed by atoms with E-state index in [1.807, 2.05) is 32.0 Å². The van der Waals surface area contributed by atoms with Crippen LogP contribution in [-0.4, -0.2) is 23.8 Å². The third-order valence-electron chi connectivity index (χ3n) is 8.75. The van der Waals surface area contributed by atoms with E-state index in [-0.39, 0.29) is 0 Å². The van der Waals surface area contributed by atoms with E-state index in [1.54, 1.807) is 21.3 Å². The fourth-order valence-corrected chi connectivity index (χ4v) is 5.35. The number of hydrogen-bond donors (Lipinski definition) is 1. The summed E-state index contributed by atoms with van der Waals surface area (Å²) in [7, 11) is 1.75. The number of aliphatic hydroxyl groups is 1. The van der Waals surface area contributed by atoms with Gasteiger partial charge in [0.05, 0.1) is 16.9 Å². The van der Waals surface area contributed by atoms with Crippen molar-refractivity contribution >= 4 is 30.0 Å². The Morgan fingerprint density at radius 2 is 1.02 bits per heavy atom. The van der Waals surface area contributed by atoms with Crippen LogP contribution in [0.3, 0.4) is 0 Å². The molecule has 6 aromatic rings. The van der Waals surface area contributed by atoms with Crippen LogP contribution >= 0.6 is 0 Å². The topological polar surface area (TPSA) is 32.7 Å². The number of hydrogen-bond acceptors (Lipinski definition) is 3. The first-order chi connectivity index (χ1) is 22.2. The summed E-state index contributed by atoms with van der Waals surface area (Å²) in [5, 5.41) is 10.7. The molecule has 46 heavy (non-hydrogen) atoms. The lowest BCUT2D eigenvalue weighted by Gasteiger charge is -2.37.